The number of carbonyl (C=O) groups excluding carboxylic acids is 1. The molecule has 1 atom stereocenters. The average Bonchev–Trinajstić information content (AvgIpc) is 2.81. The second kappa shape index (κ2) is 10.2. The lowest BCUT2D eigenvalue weighted by molar-refractivity contribution is 0.0162. The number of hydrogen-bond acceptors (Lipinski definition) is 5. The second-order valence-electron chi connectivity index (χ2n) is 7.85. The summed E-state index contributed by atoms with van der Waals surface area (Å²) in [5.74, 6) is 0.722. The van der Waals surface area contributed by atoms with E-state index in [9.17, 15) is 4.79 Å². The third-order valence-electron chi connectivity index (χ3n) is 5.88. The van der Waals surface area contributed by atoms with Crippen LogP contribution in [0.25, 0.3) is 0 Å². The molecule has 0 radical (unpaired) electrons. The largest absolute Gasteiger partial charge is 0.379 e. The van der Waals surface area contributed by atoms with Crippen LogP contribution in [0.15, 0.2) is 42.6 Å². The molecular weight excluding hydrogens is 400 g/mol. The molecule has 2 fully saturated rings. The van der Waals surface area contributed by atoms with Crippen LogP contribution in [-0.2, 0) is 4.74 Å². The number of piperidine rings is 1. The molecule has 4 rings (SSSR count). The molecule has 2 aliphatic heterocycles. The van der Waals surface area contributed by atoms with E-state index in [1.165, 1.54) is 6.42 Å². The van der Waals surface area contributed by atoms with E-state index in [1.807, 2.05) is 36.4 Å². The van der Waals surface area contributed by atoms with Crippen molar-refractivity contribution >= 4 is 23.3 Å². The van der Waals surface area contributed by atoms with Gasteiger partial charge >= 0.3 is 0 Å². The lowest BCUT2D eigenvalue weighted by Gasteiger charge is -2.35. The summed E-state index contributed by atoms with van der Waals surface area (Å²) < 4.78 is 5.52. The first kappa shape index (κ1) is 21.1. The van der Waals surface area contributed by atoms with Gasteiger partial charge in [0.1, 0.15) is 5.82 Å². The number of halogens is 1. The number of ether oxygens (including phenoxy) is 1. The van der Waals surface area contributed by atoms with Gasteiger partial charge in [0.15, 0.2) is 0 Å². The standard InChI is InChI=1S/C23H29ClN4O2/c24-19-8-6-18(7-9-19)21(27-13-15-30-16-14-27)17-26-23(29)20-5-4-10-25-22(20)28-11-2-1-3-12-28/h4-10,21H,1-3,11-17H2,(H,26,29). The summed E-state index contributed by atoms with van der Waals surface area (Å²) in [5.41, 5.74) is 1.79. The molecular formula is C23H29ClN4O2. The number of carbonyl (C=O) groups is 1. The third-order valence-corrected chi connectivity index (χ3v) is 6.14. The minimum Gasteiger partial charge on any atom is -0.379 e. The summed E-state index contributed by atoms with van der Waals surface area (Å²) in [7, 11) is 0. The predicted octanol–water partition coefficient (Wildman–Crippen LogP) is 3.53. The van der Waals surface area contributed by atoms with Crippen molar-refractivity contribution in [3.8, 4) is 0 Å². The highest BCUT2D eigenvalue weighted by Gasteiger charge is 2.25. The van der Waals surface area contributed by atoms with E-state index in [2.05, 4.69) is 20.1 Å². The Labute approximate surface area is 183 Å². The number of nitrogens with zero attached hydrogens (tertiary/aromatic N) is 3. The summed E-state index contributed by atoms with van der Waals surface area (Å²) in [4.78, 5) is 22.3. The van der Waals surface area contributed by atoms with Crippen molar-refractivity contribution in [1.29, 1.82) is 0 Å². The lowest BCUT2D eigenvalue weighted by Crippen LogP contribution is -2.44. The molecule has 0 aliphatic carbocycles. The number of rotatable bonds is 6. The van der Waals surface area contributed by atoms with Crippen molar-refractivity contribution in [1.82, 2.24) is 15.2 Å². The fraction of sp³-hybridized carbons (Fsp3) is 0.478. The fourth-order valence-corrected chi connectivity index (χ4v) is 4.37. The van der Waals surface area contributed by atoms with Crippen molar-refractivity contribution in [3.63, 3.8) is 0 Å². The van der Waals surface area contributed by atoms with E-state index in [0.29, 0.717) is 30.3 Å². The maximum absolute atomic E-state index is 13.1. The molecule has 2 aromatic rings. The van der Waals surface area contributed by atoms with Crippen LogP contribution in [-0.4, -0.2) is 61.7 Å². The average molecular weight is 429 g/mol. The summed E-state index contributed by atoms with van der Waals surface area (Å²) >= 11 is 6.09. The highest BCUT2D eigenvalue weighted by Crippen LogP contribution is 2.25. The quantitative estimate of drug-likeness (QED) is 0.762. The fourth-order valence-electron chi connectivity index (χ4n) is 4.25. The van der Waals surface area contributed by atoms with Crippen molar-refractivity contribution in [2.24, 2.45) is 0 Å². The molecule has 1 N–H and O–H groups in total. The van der Waals surface area contributed by atoms with E-state index < -0.39 is 0 Å². The summed E-state index contributed by atoms with van der Waals surface area (Å²) in [6.07, 6.45) is 5.30. The first-order valence-electron chi connectivity index (χ1n) is 10.8. The van der Waals surface area contributed by atoms with Crippen LogP contribution in [0, 0.1) is 0 Å². The van der Waals surface area contributed by atoms with Crippen LogP contribution in [0.3, 0.4) is 0 Å². The van der Waals surface area contributed by atoms with Crippen LogP contribution >= 0.6 is 11.6 Å². The molecule has 30 heavy (non-hydrogen) atoms. The topological polar surface area (TPSA) is 57.7 Å². The monoisotopic (exact) mass is 428 g/mol. The predicted molar refractivity (Wildman–Crippen MR) is 119 cm³/mol. The van der Waals surface area contributed by atoms with Gasteiger partial charge in [-0.3, -0.25) is 9.69 Å². The summed E-state index contributed by atoms with van der Waals surface area (Å²) in [6.45, 7) is 5.54. The Balaban J connectivity index is 1.49. The van der Waals surface area contributed by atoms with E-state index in [-0.39, 0.29) is 11.9 Å². The van der Waals surface area contributed by atoms with E-state index in [1.54, 1.807) is 6.20 Å². The van der Waals surface area contributed by atoms with E-state index in [0.717, 1.165) is 50.4 Å². The van der Waals surface area contributed by atoms with Gasteiger partial charge in [-0.05, 0) is 49.1 Å². The molecule has 2 saturated heterocycles. The van der Waals surface area contributed by atoms with Gasteiger partial charge in [-0.25, -0.2) is 4.98 Å². The van der Waals surface area contributed by atoms with Gasteiger partial charge in [0, 0.05) is 43.9 Å². The zero-order chi connectivity index (χ0) is 20.8. The van der Waals surface area contributed by atoms with E-state index >= 15 is 0 Å². The number of amides is 1. The maximum Gasteiger partial charge on any atom is 0.255 e. The van der Waals surface area contributed by atoms with Gasteiger partial charge in [-0.15, -0.1) is 0 Å². The van der Waals surface area contributed by atoms with Crippen LogP contribution in [0.2, 0.25) is 5.02 Å². The minimum atomic E-state index is -0.0732. The van der Waals surface area contributed by atoms with Gasteiger partial charge < -0.3 is 15.0 Å². The number of anilines is 1. The molecule has 1 amide bonds. The number of aromatic nitrogens is 1. The molecule has 1 aromatic heterocycles. The van der Waals surface area contributed by atoms with Crippen LogP contribution in [0.5, 0.6) is 0 Å². The van der Waals surface area contributed by atoms with Gasteiger partial charge in [0.2, 0.25) is 0 Å². The SMILES string of the molecule is O=C(NCC(c1ccc(Cl)cc1)N1CCOCC1)c1cccnc1N1CCCCC1. The van der Waals surface area contributed by atoms with Crippen molar-refractivity contribution in [2.75, 3.05) is 50.8 Å². The normalized spacial score (nSPS) is 18.8. The first-order valence-corrected chi connectivity index (χ1v) is 11.2. The molecule has 160 valence electrons. The Morgan fingerprint density at radius 2 is 1.80 bits per heavy atom. The van der Waals surface area contributed by atoms with Gasteiger partial charge in [0.25, 0.3) is 5.91 Å². The number of benzene rings is 1. The first-order chi connectivity index (χ1) is 14.7. The second-order valence-corrected chi connectivity index (χ2v) is 8.28. The highest BCUT2D eigenvalue weighted by atomic mass is 35.5. The summed E-state index contributed by atoms with van der Waals surface area (Å²) in [6, 6.07) is 11.7. The van der Waals surface area contributed by atoms with Gasteiger partial charge in [-0.1, -0.05) is 23.7 Å². The Morgan fingerprint density at radius 3 is 2.53 bits per heavy atom. The Bertz CT molecular complexity index is 833. The highest BCUT2D eigenvalue weighted by molar-refractivity contribution is 6.30. The molecule has 6 nitrogen and oxygen atoms in total. The van der Waals surface area contributed by atoms with Crippen molar-refractivity contribution < 1.29 is 9.53 Å². The zero-order valence-corrected chi connectivity index (χ0v) is 18.0. The Hall–Kier alpha value is -2.15. The molecule has 0 spiro atoms. The lowest BCUT2D eigenvalue weighted by atomic mass is 10.0. The van der Waals surface area contributed by atoms with E-state index in [4.69, 9.17) is 16.3 Å². The smallest absolute Gasteiger partial charge is 0.255 e. The maximum atomic E-state index is 13.1. The Morgan fingerprint density at radius 1 is 1.07 bits per heavy atom. The molecule has 3 heterocycles. The molecule has 0 bridgehead atoms. The number of morpholine rings is 1. The Kier molecular flexibility index (Phi) is 7.20. The van der Waals surface area contributed by atoms with Crippen LogP contribution < -0.4 is 10.2 Å². The molecule has 1 unspecified atom stereocenters. The van der Waals surface area contributed by atoms with Gasteiger partial charge in [0.05, 0.1) is 24.8 Å². The molecule has 7 heteroatoms. The van der Waals surface area contributed by atoms with Gasteiger partial charge in [-0.2, -0.15) is 0 Å². The van der Waals surface area contributed by atoms with Crippen molar-refractivity contribution in [3.05, 3.63) is 58.7 Å². The van der Waals surface area contributed by atoms with Crippen molar-refractivity contribution in [2.45, 2.75) is 25.3 Å². The summed E-state index contributed by atoms with van der Waals surface area (Å²) in [5, 5.41) is 3.88. The zero-order valence-electron chi connectivity index (χ0n) is 17.2. The van der Waals surface area contributed by atoms with Crippen LogP contribution in [0.4, 0.5) is 5.82 Å². The minimum absolute atomic E-state index is 0.0732. The molecule has 2 aliphatic rings. The molecule has 0 saturated carbocycles. The number of hydrogen-bond donors (Lipinski definition) is 1. The molecule has 1 aromatic carbocycles. The third kappa shape index (κ3) is 5.12. The number of nitrogens with one attached hydrogen (secondary N) is 1. The number of pyridine rings is 1. The van der Waals surface area contributed by atoms with Crippen LogP contribution in [0.1, 0.15) is 41.2 Å².